The molecule has 120 valence electrons. The van der Waals surface area contributed by atoms with Crippen LogP contribution in [0.4, 0.5) is 0 Å². The fourth-order valence-corrected chi connectivity index (χ4v) is 4.66. The third kappa shape index (κ3) is 3.10. The Labute approximate surface area is 137 Å². The predicted molar refractivity (Wildman–Crippen MR) is 89.5 cm³/mol. The van der Waals surface area contributed by atoms with Crippen LogP contribution >= 0.6 is 12.4 Å². The zero-order valence-electron chi connectivity index (χ0n) is 12.2. The van der Waals surface area contributed by atoms with Gasteiger partial charge in [0.1, 0.15) is 0 Å². The van der Waals surface area contributed by atoms with E-state index in [4.69, 9.17) is 5.73 Å². The Bertz CT molecular complexity index is 746. The van der Waals surface area contributed by atoms with Gasteiger partial charge in [0.25, 0.3) is 0 Å². The number of benzene rings is 1. The van der Waals surface area contributed by atoms with E-state index in [1.54, 1.807) is 34.9 Å². The molecule has 1 atom stereocenters. The van der Waals surface area contributed by atoms with Crippen LogP contribution in [0.3, 0.4) is 0 Å². The van der Waals surface area contributed by atoms with Gasteiger partial charge >= 0.3 is 0 Å². The molecule has 1 aromatic carbocycles. The van der Waals surface area contributed by atoms with Gasteiger partial charge in [0.05, 0.1) is 4.90 Å². The molecule has 7 heteroatoms. The molecule has 0 aliphatic carbocycles. The number of fused-ring (bicyclic) bond motifs is 1. The highest BCUT2D eigenvalue weighted by molar-refractivity contribution is 7.89. The maximum atomic E-state index is 12.9. The van der Waals surface area contributed by atoms with Gasteiger partial charge in [0.15, 0.2) is 0 Å². The van der Waals surface area contributed by atoms with Gasteiger partial charge in [-0.2, -0.15) is 4.31 Å². The number of halogens is 1. The molecule has 5 nitrogen and oxygen atoms in total. The molecule has 1 saturated heterocycles. The van der Waals surface area contributed by atoms with E-state index in [0.29, 0.717) is 24.5 Å². The van der Waals surface area contributed by atoms with Crippen LogP contribution < -0.4 is 5.73 Å². The number of hydrogen-bond donors (Lipinski definition) is 1. The third-order valence-electron chi connectivity index (χ3n) is 4.07. The highest BCUT2D eigenvalue weighted by atomic mass is 35.5. The quantitative estimate of drug-likeness (QED) is 0.926. The highest BCUT2D eigenvalue weighted by Crippen LogP contribution is 2.28. The number of piperidine rings is 1. The average molecular weight is 342 g/mol. The lowest BCUT2D eigenvalue weighted by Crippen LogP contribution is -2.42. The van der Waals surface area contributed by atoms with Gasteiger partial charge in [-0.15, -0.1) is 12.4 Å². The lowest BCUT2D eigenvalue weighted by atomic mass is 10.0. The monoisotopic (exact) mass is 341 g/mol. The summed E-state index contributed by atoms with van der Waals surface area (Å²) in [6, 6.07) is 7.07. The largest absolute Gasteiger partial charge is 0.330 e. The fourth-order valence-electron chi connectivity index (χ4n) is 2.89. The van der Waals surface area contributed by atoms with Crippen LogP contribution in [0.15, 0.2) is 41.6 Å². The highest BCUT2D eigenvalue weighted by Gasteiger charge is 2.30. The van der Waals surface area contributed by atoms with E-state index in [2.05, 4.69) is 4.98 Å². The molecular weight excluding hydrogens is 322 g/mol. The minimum absolute atomic E-state index is 0. The molecule has 1 fully saturated rings. The molecule has 1 aliphatic heterocycles. The van der Waals surface area contributed by atoms with Gasteiger partial charge in [-0.3, -0.25) is 4.98 Å². The summed E-state index contributed by atoms with van der Waals surface area (Å²) in [5, 5.41) is 1.56. The van der Waals surface area contributed by atoms with Crippen molar-refractivity contribution in [3.63, 3.8) is 0 Å². The molecule has 1 aromatic heterocycles. The first-order valence-electron chi connectivity index (χ1n) is 7.16. The molecule has 2 heterocycles. The van der Waals surface area contributed by atoms with E-state index in [1.165, 1.54) is 0 Å². The smallest absolute Gasteiger partial charge is 0.243 e. The Balaban J connectivity index is 0.00000176. The summed E-state index contributed by atoms with van der Waals surface area (Å²) < 4.78 is 27.4. The maximum Gasteiger partial charge on any atom is 0.243 e. The molecule has 2 N–H and O–H groups in total. The molecule has 1 aliphatic rings. The predicted octanol–water partition coefficient (Wildman–Crippen LogP) is 2.02. The van der Waals surface area contributed by atoms with E-state index >= 15 is 0 Å². The number of rotatable bonds is 3. The summed E-state index contributed by atoms with van der Waals surface area (Å²) in [4.78, 5) is 4.41. The lowest BCUT2D eigenvalue weighted by Gasteiger charge is -2.31. The van der Waals surface area contributed by atoms with Crippen molar-refractivity contribution in [2.75, 3.05) is 19.6 Å². The van der Waals surface area contributed by atoms with Crippen LogP contribution in [0, 0.1) is 5.92 Å². The number of hydrogen-bond acceptors (Lipinski definition) is 4. The number of pyridine rings is 1. The minimum atomic E-state index is -3.48. The Morgan fingerprint density at radius 1 is 1.32 bits per heavy atom. The van der Waals surface area contributed by atoms with Crippen molar-refractivity contribution < 1.29 is 8.42 Å². The molecule has 2 aromatic rings. The number of sulfonamides is 1. The minimum Gasteiger partial charge on any atom is -0.330 e. The van der Waals surface area contributed by atoms with Crippen molar-refractivity contribution in [1.82, 2.24) is 9.29 Å². The Morgan fingerprint density at radius 3 is 2.91 bits per heavy atom. The van der Waals surface area contributed by atoms with Crippen LogP contribution in [-0.2, 0) is 10.0 Å². The Kier molecular flexibility index (Phi) is 5.39. The molecule has 22 heavy (non-hydrogen) atoms. The molecule has 0 bridgehead atoms. The summed E-state index contributed by atoms with van der Waals surface area (Å²) >= 11 is 0. The van der Waals surface area contributed by atoms with Crippen molar-refractivity contribution in [3.05, 3.63) is 36.7 Å². The van der Waals surface area contributed by atoms with E-state index in [0.717, 1.165) is 23.6 Å². The van der Waals surface area contributed by atoms with E-state index in [1.807, 2.05) is 6.07 Å². The van der Waals surface area contributed by atoms with Crippen LogP contribution in [0.25, 0.3) is 10.8 Å². The number of nitrogens with zero attached hydrogens (tertiary/aromatic N) is 2. The van der Waals surface area contributed by atoms with Crippen LogP contribution in [0.2, 0.25) is 0 Å². The summed E-state index contributed by atoms with van der Waals surface area (Å²) in [6.07, 6.45) is 5.18. The van der Waals surface area contributed by atoms with Crippen molar-refractivity contribution in [2.24, 2.45) is 11.7 Å². The molecule has 0 amide bonds. The van der Waals surface area contributed by atoms with Gasteiger partial charge < -0.3 is 5.73 Å². The summed E-state index contributed by atoms with van der Waals surface area (Å²) in [5.74, 6) is 0.255. The Hall–Kier alpha value is -1.21. The van der Waals surface area contributed by atoms with Gasteiger partial charge in [0, 0.05) is 36.3 Å². The Morgan fingerprint density at radius 2 is 2.14 bits per heavy atom. The van der Waals surface area contributed by atoms with Crippen LogP contribution in [-0.4, -0.2) is 37.3 Å². The first kappa shape index (κ1) is 17.1. The third-order valence-corrected chi connectivity index (χ3v) is 6.00. The molecule has 1 unspecified atom stereocenters. The van der Waals surface area contributed by atoms with Crippen molar-refractivity contribution in [3.8, 4) is 0 Å². The number of nitrogens with two attached hydrogens (primary N) is 1. The SMILES string of the molecule is Cl.NCC1CCCN(S(=O)(=O)c2cccc3cnccc23)C1. The van der Waals surface area contributed by atoms with Gasteiger partial charge in [0.2, 0.25) is 10.0 Å². The fraction of sp³-hybridized carbons (Fsp3) is 0.400. The first-order valence-corrected chi connectivity index (χ1v) is 8.60. The molecule has 0 saturated carbocycles. The molecule has 0 radical (unpaired) electrons. The zero-order valence-corrected chi connectivity index (χ0v) is 13.8. The standard InChI is InChI=1S/C15H19N3O2S.ClH/c16-9-12-3-2-8-18(11-12)21(19,20)15-5-1-4-13-10-17-7-6-14(13)15;/h1,4-7,10,12H,2-3,8-9,11,16H2;1H. The van der Waals surface area contributed by atoms with Crippen molar-refractivity contribution >= 4 is 33.2 Å². The zero-order chi connectivity index (χ0) is 14.9. The van der Waals surface area contributed by atoms with E-state index in [9.17, 15) is 8.42 Å². The molecular formula is C15H20ClN3O2S. The average Bonchev–Trinajstić information content (AvgIpc) is 2.54. The van der Waals surface area contributed by atoms with Gasteiger partial charge in [-0.05, 0) is 37.4 Å². The number of aromatic nitrogens is 1. The van der Waals surface area contributed by atoms with Crippen LogP contribution in [0.5, 0.6) is 0 Å². The summed E-state index contributed by atoms with van der Waals surface area (Å²) in [5.41, 5.74) is 5.71. The summed E-state index contributed by atoms with van der Waals surface area (Å²) in [7, 11) is -3.48. The molecule has 3 rings (SSSR count). The second kappa shape index (κ2) is 6.91. The normalized spacial score (nSPS) is 19.8. The maximum absolute atomic E-state index is 12.9. The van der Waals surface area contributed by atoms with Crippen molar-refractivity contribution in [1.29, 1.82) is 0 Å². The first-order chi connectivity index (χ1) is 10.1. The van der Waals surface area contributed by atoms with Gasteiger partial charge in [-0.25, -0.2) is 8.42 Å². The van der Waals surface area contributed by atoms with Gasteiger partial charge in [-0.1, -0.05) is 12.1 Å². The lowest BCUT2D eigenvalue weighted by molar-refractivity contribution is 0.271. The topological polar surface area (TPSA) is 76.3 Å². The van der Waals surface area contributed by atoms with E-state index < -0.39 is 10.0 Å². The second-order valence-corrected chi connectivity index (χ2v) is 7.37. The summed E-state index contributed by atoms with van der Waals surface area (Å²) in [6.45, 7) is 1.62. The molecule has 0 spiro atoms. The second-order valence-electron chi connectivity index (χ2n) is 5.46. The van der Waals surface area contributed by atoms with Crippen molar-refractivity contribution in [2.45, 2.75) is 17.7 Å². The van der Waals surface area contributed by atoms with E-state index in [-0.39, 0.29) is 18.3 Å². The van der Waals surface area contributed by atoms with Crippen LogP contribution in [0.1, 0.15) is 12.8 Å².